The molecule has 1 N–H and O–H groups in total. The number of nitrogens with zero attached hydrogens (tertiary/aromatic N) is 5. The van der Waals surface area contributed by atoms with Crippen LogP contribution in [0.25, 0.3) is 16.9 Å². The zero-order chi connectivity index (χ0) is 21.8. The highest BCUT2D eigenvalue weighted by atomic mass is 19.1. The third-order valence-electron chi connectivity index (χ3n) is 6.37. The van der Waals surface area contributed by atoms with Crippen LogP contribution in [0.5, 0.6) is 11.5 Å². The van der Waals surface area contributed by atoms with Gasteiger partial charge in [0.05, 0.1) is 36.2 Å². The number of hydrogen-bond acceptors (Lipinski definition) is 6. The number of aliphatic hydroxyl groups excluding tert-OH is 1. The maximum Gasteiger partial charge on any atom is 0.170 e. The molecule has 0 unspecified atom stereocenters. The summed E-state index contributed by atoms with van der Waals surface area (Å²) in [7, 11) is 1.86. The Morgan fingerprint density at radius 3 is 2.84 bits per heavy atom. The first-order valence-corrected chi connectivity index (χ1v) is 10.7. The first kappa shape index (κ1) is 19.2. The minimum absolute atomic E-state index is 0.0189. The molecule has 8 nitrogen and oxygen atoms in total. The van der Waals surface area contributed by atoms with Gasteiger partial charge in [-0.15, -0.1) is 10.2 Å². The number of aliphatic hydroxyl groups is 1. The molecule has 9 heteroatoms. The highest BCUT2D eigenvalue weighted by Gasteiger charge is 2.31. The molecule has 164 valence electrons. The van der Waals surface area contributed by atoms with E-state index in [4.69, 9.17) is 9.47 Å². The van der Waals surface area contributed by atoms with Gasteiger partial charge in [-0.1, -0.05) is 0 Å². The van der Waals surface area contributed by atoms with E-state index in [0.717, 1.165) is 39.7 Å². The summed E-state index contributed by atoms with van der Waals surface area (Å²) in [5.74, 6) is 1.25. The third kappa shape index (κ3) is 2.88. The van der Waals surface area contributed by atoms with Gasteiger partial charge in [-0.25, -0.2) is 4.39 Å². The van der Waals surface area contributed by atoms with E-state index < -0.39 is 0 Å². The Bertz CT molecular complexity index is 1350. The SMILES string of the molecule is Cn1nc(CCO)cc1-c1cc2c(n3cnnc13)CCc1c(F)ccc3c1[C@H](CO3)CO2. The smallest absolute Gasteiger partial charge is 0.170 e. The van der Waals surface area contributed by atoms with Crippen LogP contribution in [0.4, 0.5) is 4.39 Å². The average Bonchev–Trinajstić information content (AvgIpc) is 3.50. The fourth-order valence-corrected chi connectivity index (χ4v) is 4.87. The molecule has 1 aromatic carbocycles. The highest BCUT2D eigenvalue weighted by molar-refractivity contribution is 5.77. The Morgan fingerprint density at radius 2 is 2.00 bits per heavy atom. The Labute approximate surface area is 183 Å². The molecule has 32 heavy (non-hydrogen) atoms. The Morgan fingerprint density at radius 1 is 1.16 bits per heavy atom. The minimum Gasteiger partial charge on any atom is -0.493 e. The second-order valence-corrected chi connectivity index (χ2v) is 8.27. The molecule has 0 spiro atoms. The number of halogens is 1. The lowest BCUT2D eigenvalue weighted by atomic mass is 9.93. The second kappa shape index (κ2) is 7.30. The van der Waals surface area contributed by atoms with Crippen LogP contribution in [0.15, 0.2) is 30.6 Å². The predicted molar refractivity (Wildman–Crippen MR) is 114 cm³/mol. The lowest BCUT2D eigenvalue weighted by Gasteiger charge is -2.16. The molecule has 6 rings (SSSR count). The molecular formula is C23H22FN5O3. The minimum atomic E-state index is -0.203. The first-order chi connectivity index (χ1) is 15.6. The average molecular weight is 435 g/mol. The van der Waals surface area contributed by atoms with Crippen molar-refractivity contribution in [3.63, 3.8) is 0 Å². The lowest BCUT2D eigenvalue weighted by Crippen LogP contribution is -2.13. The molecule has 3 aromatic heterocycles. The number of aryl methyl sites for hydroxylation is 2. The first-order valence-electron chi connectivity index (χ1n) is 10.7. The molecule has 0 radical (unpaired) electrons. The van der Waals surface area contributed by atoms with Crippen LogP contribution in [0.2, 0.25) is 0 Å². The number of hydrogen-bond donors (Lipinski definition) is 1. The molecule has 0 fully saturated rings. The quantitative estimate of drug-likeness (QED) is 0.532. The van der Waals surface area contributed by atoms with E-state index in [1.54, 1.807) is 17.1 Å². The molecule has 2 aliphatic rings. The predicted octanol–water partition coefficient (Wildman–Crippen LogP) is 2.46. The summed E-state index contributed by atoms with van der Waals surface area (Å²) in [6.45, 7) is 0.909. The summed E-state index contributed by atoms with van der Waals surface area (Å²) < 4.78 is 30.6. The van der Waals surface area contributed by atoms with E-state index in [1.807, 2.05) is 23.6 Å². The van der Waals surface area contributed by atoms with Crippen molar-refractivity contribution in [2.24, 2.45) is 7.05 Å². The van der Waals surface area contributed by atoms with Gasteiger partial charge in [0, 0.05) is 31.2 Å². The van der Waals surface area contributed by atoms with Crippen molar-refractivity contribution in [3.05, 3.63) is 58.9 Å². The van der Waals surface area contributed by atoms with Crippen molar-refractivity contribution in [1.82, 2.24) is 24.4 Å². The summed E-state index contributed by atoms with van der Waals surface area (Å²) in [6.07, 6.45) is 3.26. The standard InChI is InChI=1S/C23H22FN5O3/c1-28-19(8-14(27-28)6-7-30)16-9-21-18(29-12-25-26-23(16)29)4-2-15-17(24)3-5-20-22(15)13(10-31-20)11-32-21/h3,5,8-9,12-13,30H,2,4,6-7,10-11H2,1H3/t13-/m1/s1. The maximum absolute atomic E-state index is 14.8. The van der Waals surface area contributed by atoms with Gasteiger partial charge in [0.25, 0.3) is 0 Å². The van der Waals surface area contributed by atoms with Gasteiger partial charge < -0.3 is 14.6 Å². The number of benzene rings is 1. The topological polar surface area (TPSA) is 86.7 Å². The van der Waals surface area contributed by atoms with Gasteiger partial charge in [0.15, 0.2) is 5.65 Å². The van der Waals surface area contributed by atoms with E-state index in [-0.39, 0.29) is 18.3 Å². The fourth-order valence-electron chi connectivity index (χ4n) is 4.87. The van der Waals surface area contributed by atoms with Crippen LogP contribution in [-0.4, -0.2) is 49.3 Å². The van der Waals surface area contributed by atoms with E-state index in [2.05, 4.69) is 15.3 Å². The van der Waals surface area contributed by atoms with Crippen molar-refractivity contribution in [3.8, 4) is 22.8 Å². The summed E-state index contributed by atoms with van der Waals surface area (Å²) >= 11 is 0. The van der Waals surface area contributed by atoms with Gasteiger partial charge >= 0.3 is 0 Å². The van der Waals surface area contributed by atoms with Gasteiger partial charge in [-0.3, -0.25) is 9.08 Å². The monoisotopic (exact) mass is 435 g/mol. The highest BCUT2D eigenvalue weighted by Crippen LogP contribution is 2.41. The third-order valence-corrected chi connectivity index (χ3v) is 6.37. The summed E-state index contributed by atoms with van der Waals surface area (Å²) in [5.41, 5.74) is 5.72. The maximum atomic E-state index is 14.8. The van der Waals surface area contributed by atoms with E-state index >= 15 is 0 Å². The van der Waals surface area contributed by atoms with Crippen molar-refractivity contribution in [2.75, 3.05) is 19.8 Å². The Balaban J connectivity index is 1.49. The zero-order valence-electron chi connectivity index (χ0n) is 17.6. The van der Waals surface area contributed by atoms with Crippen LogP contribution in [-0.2, 0) is 26.3 Å². The molecule has 4 aromatic rings. The Hall–Kier alpha value is -3.46. The van der Waals surface area contributed by atoms with Crippen LogP contribution in [0.1, 0.15) is 28.4 Å². The number of aromatic nitrogens is 5. The van der Waals surface area contributed by atoms with E-state index in [0.29, 0.717) is 43.7 Å². The van der Waals surface area contributed by atoms with Crippen LogP contribution in [0.3, 0.4) is 0 Å². The van der Waals surface area contributed by atoms with Gasteiger partial charge in [-0.05, 0) is 42.7 Å². The largest absolute Gasteiger partial charge is 0.493 e. The molecule has 5 heterocycles. The molecule has 0 aliphatic carbocycles. The second-order valence-electron chi connectivity index (χ2n) is 8.27. The van der Waals surface area contributed by atoms with Crippen molar-refractivity contribution < 1.29 is 19.0 Å². The molecule has 0 amide bonds. The number of ether oxygens (including phenoxy) is 2. The number of fused-ring (bicyclic) bond motifs is 3. The Kier molecular flexibility index (Phi) is 4.39. The molecular weight excluding hydrogens is 413 g/mol. The normalized spacial score (nSPS) is 17.2. The van der Waals surface area contributed by atoms with Crippen LogP contribution < -0.4 is 9.47 Å². The van der Waals surface area contributed by atoms with Crippen molar-refractivity contribution in [2.45, 2.75) is 25.2 Å². The van der Waals surface area contributed by atoms with Crippen LogP contribution in [0, 0.1) is 5.82 Å². The van der Waals surface area contributed by atoms with Gasteiger partial charge in [-0.2, -0.15) is 5.10 Å². The van der Waals surface area contributed by atoms with Gasteiger partial charge in [0.2, 0.25) is 0 Å². The van der Waals surface area contributed by atoms with Crippen LogP contribution >= 0.6 is 0 Å². The van der Waals surface area contributed by atoms with Gasteiger partial charge in [0.1, 0.15) is 23.6 Å². The van der Waals surface area contributed by atoms with Crippen molar-refractivity contribution >= 4 is 5.65 Å². The molecule has 0 saturated carbocycles. The summed E-state index contributed by atoms with van der Waals surface area (Å²) in [5, 5.41) is 22.3. The lowest BCUT2D eigenvalue weighted by molar-refractivity contribution is 0.246. The van der Waals surface area contributed by atoms with Crippen molar-refractivity contribution in [1.29, 1.82) is 0 Å². The molecule has 0 saturated heterocycles. The fraction of sp³-hybridized carbons (Fsp3) is 0.348. The van der Waals surface area contributed by atoms with E-state index in [9.17, 15) is 9.50 Å². The number of pyridine rings is 1. The molecule has 2 aliphatic heterocycles. The molecule has 1 atom stereocenters. The molecule has 0 bridgehead atoms. The zero-order valence-corrected chi connectivity index (χ0v) is 17.6. The summed E-state index contributed by atoms with van der Waals surface area (Å²) in [4.78, 5) is 0. The summed E-state index contributed by atoms with van der Waals surface area (Å²) in [6, 6.07) is 7.12. The van der Waals surface area contributed by atoms with E-state index in [1.165, 1.54) is 6.07 Å². The number of rotatable bonds is 3.